The Balaban J connectivity index is 2.38. The quantitative estimate of drug-likeness (QED) is 0.643. The third kappa shape index (κ3) is 1.82. The highest BCUT2D eigenvalue weighted by Crippen LogP contribution is 2.65. The summed E-state index contributed by atoms with van der Waals surface area (Å²) >= 11 is 0. The molecule has 2 aliphatic carbocycles. The molecule has 2 rings (SSSR count). The average Bonchev–Trinajstić information content (AvgIpc) is 2.65. The second-order valence-electron chi connectivity index (χ2n) is 6.16. The lowest BCUT2D eigenvalue weighted by molar-refractivity contribution is -0.204. The van der Waals surface area contributed by atoms with E-state index in [0.29, 0.717) is 12.8 Å². The Morgan fingerprint density at radius 1 is 1.16 bits per heavy atom. The summed E-state index contributed by atoms with van der Waals surface area (Å²) in [7, 11) is -6.13. The van der Waals surface area contributed by atoms with Gasteiger partial charge in [-0.1, -0.05) is 13.8 Å². The van der Waals surface area contributed by atoms with Crippen LogP contribution in [0.15, 0.2) is 0 Å². The Morgan fingerprint density at radius 3 is 2.00 bits per heavy atom. The molecule has 0 radical (unpaired) electrons. The van der Waals surface area contributed by atoms with E-state index in [1.165, 1.54) is 0 Å². The number of fused-ring (bicyclic) bond motifs is 2. The van der Waals surface area contributed by atoms with Crippen LogP contribution in [0, 0.1) is 23.2 Å². The topological polar surface area (TPSA) is 54.4 Å². The second kappa shape index (κ2) is 3.84. The van der Waals surface area contributed by atoms with Gasteiger partial charge in [0.1, 0.15) is 0 Å². The Labute approximate surface area is 109 Å². The van der Waals surface area contributed by atoms with E-state index in [1.807, 2.05) is 0 Å². The third-order valence-corrected chi connectivity index (χ3v) is 5.96. The van der Waals surface area contributed by atoms with Gasteiger partial charge in [-0.25, -0.2) is 0 Å². The van der Waals surface area contributed by atoms with Crippen LogP contribution < -0.4 is 0 Å². The van der Waals surface area contributed by atoms with Crippen molar-refractivity contribution in [1.82, 2.24) is 0 Å². The maximum absolute atomic E-state index is 13.9. The van der Waals surface area contributed by atoms with Gasteiger partial charge in [0.15, 0.2) is 0 Å². The highest BCUT2D eigenvalue weighted by atomic mass is 32.2. The highest BCUT2D eigenvalue weighted by Gasteiger charge is 2.73. The normalized spacial score (nSPS) is 34.8. The van der Waals surface area contributed by atoms with E-state index in [9.17, 15) is 26.0 Å². The second-order valence-corrected chi connectivity index (χ2v) is 7.62. The standard InChI is InChI=1S/C11H16F4O3S/c1-9(2)6-3-4-7(9)8(5-6)10(12,13)11(14,15)19(16,17)18/h6-8H,3-5H2,1-2H3,(H,16,17,18). The SMILES string of the molecule is CC1(C)C2CCC1C(C(F)(F)C(F)(F)S(=O)(=O)O)C2. The molecule has 0 spiro atoms. The minimum absolute atomic E-state index is 0.106. The molecule has 0 aromatic carbocycles. The van der Waals surface area contributed by atoms with Crippen LogP contribution >= 0.6 is 0 Å². The first-order chi connectivity index (χ1) is 8.33. The number of halogens is 4. The molecule has 112 valence electrons. The molecule has 8 heteroatoms. The van der Waals surface area contributed by atoms with Crippen LogP contribution in [0.4, 0.5) is 17.6 Å². The molecule has 3 nitrogen and oxygen atoms in total. The minimum Gasteiger partial charge on any atom is -0.281 e. The molecule has 1 N–H and O–H groups in total. The molecule has 0 aromatic heterocycles. The van der Waals surface area contributed by atoms with Gasteiger partial charge in [0.05, 0.1) is 0 Å². The largest absolute Gasteiger partial charge is 0.431 e. The van der Waals surface area contributed by atoms with E-state index in [0.717, 1.165) is 0 Å². The lowest BCUT2D eigenvalue weighted by Gasteiger charge is -2.35. The van der Waals surface area contributed by atoms with Gasteiger partial charge < -0.3 is 0 Å². The zero-order valence-corrected chi connectivity index (χ0v) is 11.4. The molecule has 3 atom stereocenters. The van der Waals surface area contributed by atoms with Crippen molar-refractivity contribution in [3.05, 3.63) is 0 Å². The van der Waals surface area contributed by atoms with E-state index in [-0.39, 0.29) is 12.3 Å². The van der Waals surface area contributed by atoms with Crippen molar-refractivity contribution in [2.45, 2.75) is 44.3 Å². The summed E-state index contributed by atoms with van der Waals surface area (Å²) in [6.45, 7) is 3.49. The van der Waals surface area contributed by atoms with Gasteiger partial charge >= 0.3 is 21.3 Å². The molecule has 3 unspecified atom stereocenters. The van der Waals surface area contributed by atoms with Crippen LogP contribution in [-0.2, 0) is 10.1 Å². The Morgan fingerprint density at radius 2 is 1.68 bits per heavy atom. The molecule has 2 aliphatic rings. The van der Waals surface area contributed by atoms with Crippen LogP contribution in [0.1, 0.15) is 33.1 Å². The van der Waals surface area contributed by atoms with Crippen molar-refractivity contribution in [1.29, 1.82) is 0 Å². The fraction of sp³-hybridized carbons (Fsp3) is 1.00. The van der Waals surface area contributed by atoms with Gasteiger partial charge in [0.25, 0.3) is 0 Å². The van der Waals surface area contributed by atoms with Crippen molar-refractivity contribution in [3.8, 4) is 0 Å². The van der Waals surface area contributed by atoms with E-state index >= 15 is 0 Å². The van der Waals surface area contributed by atoms with Crippen molar-refractivity contribution in [2.24, 2.45) is 23.2 Å². The van der Waals surface area contributed by atoms with Gasteiger partial charge in [0.2, 0.25) is 0 Å². The number of hydrogen-bond acceptors (Lipinski definition) is 2. The molecular formula is C11H16F4O3S. The molecule has 2 saturated carbocycles. The molecule has 19 heavy (non-hydrogen) atoms. The Kier molecular flexibility index (Phi) is 3.04. The van der Waals surface area contributed by atoms with Gasteiger partial charge in [-0.15, -0.1) is 0 Å². The number of hydrogen-bond donors (Lipinski definition) is 1. The van der Waals surface area contributed by atoms with E-state index < -0.39 is 38.5 Å². The lowest BCUT2D eigenvalue weighted by Crippen LogP contribution is -2.53. The predicted molar refractivity (Wildman–Crippen MR) is 59.5 cm³/mol. The summed E-state index contributed by atoms with van der Waals surface area (Å²) in [5, 5.41) is -5.44. The molecule has 0 aliphatic heterocycles. The maximum atomic E-state index is 13.9. The first kappa shape index (κ1) is 15.0. The third-order valence-electron chi connectivity index (χ3n) is 5.04. The van der Waals surface area contributed by atoms with Crippen molar-refractivity contribution >= 4 is 10.1 Å². The van der Waals surface area contributed by atoms with Crippen molar-refractivity contribution in [3.63, 3.8) is 0 Å². The van der Waals surface area contributed by atoms with E-state index in [4.69, 9.17) is 4.55 Å². The Bertz CT molecular complexity index is 486. The molecule has 0 saturated heterocycles. The number of rotatable bonds is 3. The smallest absolute Gasteiger partial charge is 0.281 e. The highest BCUT2D eigenvalue weighted by molar-refractivity contribution is 7.87. The van der Waals surface area contributed by atoms with Crippen LogP contribution in [0.2, 0.25) is 0 Å². The minimum atomic E-state index is -6.13. The first-order valence-corrected chi connectivity index (χ1v) is 7.50. The van der Waals surface area contributed by atoms with Crippen LogP contribution in [-0.4, -0.2) is 24.1 Å². The van der Waals surface area contributed by atoms with E-state index in [1.54, 1.807) is 13.8 Å². The molecule has 2 fully saturated rings. The van der Waals surface area contributed by atoms with Crippen LogP contribution in [0.3, 0.4) is 0 Å². The fourth-order valence-corrected chi connectivity index (χ4v) is 4.32. The van der Waals surface area contributed by atoms with Gasteiger partial charge in [0, 0.05) is 5.92 Å². The summed E-state index contributed by atoms with van der Waals surface area (Å²) in [5.74, 6) is -7.22. The summed E-state index contributed by atoms with van der Waals surface area (Å²) in [6.07, 6.45) is 0.955. The fourth-order valence-electron chi connectivity index (χ4n) is 3.83. The Hall–Kier alpha value is -0.370. The maximum Gasteiger partial charge on any atom is 0.431 e. The lowest BCUT2D eigenvalue weighted by atomic mass is 9.78. The van der Waals surface area contributed by atoms with Gasteiger partial charge in [-0.05, 0) is 36.5 Å². The average molecular weight is 304 g/mol. The summed E-state index contributed by atoms with van der Waals surface area (Å²) < 4.78 is 84.0. The summed E-state index contributed by atoms with van der Waals surface area (Å²) in [5.41, 5.74) is -0.497. The summed E-state index contributed by atoms with van der Waals surface area (Å²) in [6, 6.07) is 0. The predicted octanol–water partition coefficient (Wildman–Crippen LogP) is 3.17. The van der Waals surface area contributed by atoms with Crippen LogP contribution in [0.25, 0.3) is 0 Å². The first-order valence-electron chi connectivity index (χ1n) is 6.06. The molecule has 0 aromatic rings. The monoisotopic (exact) mass is 304 g/mol. The molecular weight excluding hydrogens is 288 g/mol. The zero-order chi connectivity index (χ0) is 14.9. The molecule has 2 bridgehead atoms. The van der Waals surface area contributed by atoms with Crippen molar-refractivity contribution < 1.29 is 30.5 Å². The van der Waals surface area contributed by atoms with Gasteiger partial charge in [-0.3, -0.25) is 4.55 Å². The summed E-state index contributed by atoms with van der Waals surface area (Å²) in [4.78, 5) is 0. The van der Waals surface area contributed by atoms with E-state index in [2.05, 4.69) is 0 Å². The van der Waals surface area contributed by atoms with Gasteiger partial charge in [-0.2, -0.15) is 26.0 Å². The number of alkyl halides is 4. The molecule has 0 amide bonds. The van der Waals surface area contributed by atoms with Crippen molar-refractivity contribution in [2.75, 3.05) is 0 Å². The van der Waals surface area contributed by atoms with Crippen LogP contribution in [0.5, 0.6) is 0 Å². The zero-order valence-electron chi connectivity index (χ0n) is 10.5. The molecule has 0 heterocycles.